The zero-order valence-corrected chi connectivity index (χ0v) is 10.9. The van der Waals surface area contributed by atoms with E-state index in [0.717, 1.165) is 25.1 Å². The van der Waals surface area contributed by atoms with Crippen molar-refractivity contribution in [1.82, 2.24) is 4.90 Å². The van der Waals surface area contributed by atoms with Gasteiger partial charge in [0, 0.05) is 18.3 Å². The highest BCUT2D eigenvalue weighted by Gasteiger charge is 2.41. The average molecular weight is 259 g/mol. The summed E-state index contributed by atoms with van der Waals surface area (Å²) < 4.78 is 12.9. The third kappa shape index (κ3) is 2.43. The molecule has 1 aromatic rings. The van der Waals surface area contributed by atoms with Gasteiger partial charge in [0.05, 0.1) is 6.07 Å². The van der Waals surface area contributed by atoms with Crippen molar-refractivity contribution in [2.75, 3.05) is 18.4 Å². The summed E-state index contributed by atoms with van der Waals surface area (Å²) in [6.45, 7) is 2.15. The molecule has 0 amide bonds. The van der Waals surface area contributed by atoms with Gasteiger partial charge in [0.1, 0.15) is 11.4 Å². The van der Waals surface area contributed by atoms with Crippen LogP contribution in [0.1, 0.15) is 25.7 Å². The molecule has 2 unspecified atom stereocenters. The Morgan fingerprint density at radius 2 is 2.11 bits per heavy atom. The lowest BCUT2D eigenvalue weighted by molar-refractivity contribution is 0.165. The number of anilines is 1. The predicted molar refractivity (Wildman–Crippen MR) is 72.2 cm³/mol. The van der Waals surface area contributed by atoms with Gasteiger partial charge in [-0.1, -0.05) is 0 Å². The van der Waals surface area contributed by atoms with Crippen LogP contribution in [0.2, 0.25) is 0 Å². The molecule has 2 aliphatic heterocycles. The second-order valence-corrected chi connectivity index (χ2v) is 5.61. The first-order chi connectivity index (χ1) is 9.21. The molecule has 1 N–H and O–H groups in total. The van der Waals surface area contributed by atoms with E-state index in [2.05, 4.69) is 16.3 Å². The average Bonchev–Trinajstić information content (AvgIpc) is 2.88. The Hall–Kier alpha value is -1.60. The summed E-state index contributed by atoms with van der Waals surface area (Å²) in [7, 11) is 0. The minimum atomic E-state index is -0.497. The fourth-order valence-corrected chi connectivity index (χ4v) is 3.31. The Morgan fingerprint density at radius 3 is 2.84 bits per heavy atom. The van der Waals surface area contributed by atoms with E-state index in [9.17, 15) is 9.65 Å². The van der Waals surface area contributed by atoms with E-state index in [4.69, 9.17) is 0 Å². The smallest absolute Gasteiger partial charge is 0.128 e. The SMILES string of the molecule is N#CC1(Nc2ccc(F)cc2)CCN2CCCC2C1. The molecular weight excluding hydrogens is 241 g/mol. The van der Waals surface area contributed by atoms with Crippen molar-refractivity contribution in [2.24, 2.45) is 0 Å². The number of piperidine rings is 1. The number of hydrogen-bond acceptors (Lipinski definition) is 3. The first-order valence-electron chi connectivity index (χ1n) is 6.90. The molecule has 0 aromatic heterocycles. The zero-order chi connectivity index (χ0) is 13.3. The molecule has 2 atom stereocenters. The van der Waals surface area contributed by atoms with Crippen LogP contribution >= 0.6 is 0 Å². The van der Waals surface area contributed by atoms with Gasteiger partial charge in [0.15, 0.2) is 0 Å². The molecule has 100 valence electrons. The maximum atomic E-state index is 12.9. The van der Waals surface area contributed by atoms with Crippen LogP contribution in [0.15, 0.2) is 24.3 Å². The van der Waals surface area contributed by atoms with E-state index in [-0.39, 0.29) is 5.82 Å². The van der Waals surface area contributed by atoms with Gasteiger partial charge in [-0.3, -0.25) is 0 Å². The van der Waals surface area contributed by atoms with Crippen LogP contribution in [0, 0.1) is 17.1 Å². The van der Waals surface area contributed by atoms with Crippen molar-refractivity contribution in [3.63, 3.8) is 0 Å². The molecule has 0 bridgehead atoms. The maximum absolute atomic E-state index is 12.9. The second kappa shape index (κ2) is 4.82. The van der Waals surface area contributed by atoms with Gasteiger partial charge >= 0.3 is 0 Å². The zero-order valence-electron chi connectivity index (χ0n) is 10.9. The minimum absolute atomic E-state index is 0.248. The molecule has 19 heavy (non-hydrogen) atoms. The quantitative estimate of drug-likeness (QED) is 0.887. The summed E-state index contributed by atoms with van der Waals surface area (Å²) in [5.74, 6) is -0.248. The molecule has 4 heteroatoms. The Balaban J connectivity index is 1.76. The third-order valence-electron chi connectivity index (χ3n) is 4.35. The van der Waals surface area contributed by atoms with E-state index < -0.39 is 5.54 Å². The molecule has 0 radical (unpaired) electrons. The first-order valence-corrected chi connectivity index (χ1v) is 6.90. The molecule has 0 saturated carbocycles. The Kier molecular flexibility index (Phi) is 3.16. The predicted octanol–water partition coefficient (Wildman–Crippen LogP) is 2.76. The molecule has 1 aromatic carbocycles. The van der Waals surface area contributed by atoms with Gasteiger partial charge in [0.25, 0.3) is 0 Å². The lowest BCUT2D eigenvalue weighted by Crippen LogP contribution is -2.51. The monoisotopic (exact) mass is 259 g/mol. The topological polar surface area (TPSA) is 39.1 Å². The number of halogens is 1. The van der Waals surface area contributed by atoms with Crippen LogP contribution in [0.4, 0.5) is 10.1 Å². The highest BCUT2D eigenvalue weighted by Crippen LogP contribution is 2.35. The van der Waals surface area contributed by atoms with Crippen LogP contribution in [0.25, 0.3) is 0 Å². The maximum Gasteiger partial charge on any atom is 0.128 e. The van der Waals surface area contributed by atoms with Gasteiger partial charge in [-0.15, -0.1) is 0 Å². The molecule has 2 heterocycles. The number of rotatable bonds is 2. The lowest BCUT2D eigenvalue weighted by Gasteiger charge is -2.40. The fraction of sp³-hybridized carbons (Fsp3) is 0.533. The molecule has 2 aliphatic rings. The highest BCUT2D eigenvalue weighted by atomic mass is 19.1. The Bertz CT molecular complexity index is 493. The first kappa shape index (κ1) is 12.4. The van der Waals surface area contributed by atoms with Gasteiger partial charge in [0.2, 0.25) is 0 Å². The Morgan fingerprint density at radius 1 is 1.32 bits per heavy atom. The minimum Gasteiger partial charge on any atom is -0.367 e. The van der Waals surface area contributed by atoms with Crippen LogP contribution in [0.5, 0.6) is 0 Å². The lowest BCUT2D eigenvalue weighted by atomic mass is 9.84. The third-order valence-corrected chi connectivity index (χ3v) is 4.35. The number of nitrogens with one attached hydrogen (secondary N) is 1. The Labute approximate surface area is 113 Å². The molecule has 2 fully saturated rings. The van der Waals surface area contributed by atoms with E-state index in [0.29, 0.717) is 6.04 Å². The summed E-state index contributed by atoms with van der Waals surface area (Å²) >= 11 is 0. The van der Waals surface area contributed by atoms with Crippen molar-refractivity contribution in [3.05, 3.63) is 30.1 Å². The number of nitrogens with zero attached hydrogens (tertiary/aromatic N) is 2. The number of hydrogen-bond donors (Lipinski definition) is 1. The van der Waals surface area contributed by atoms with E-state index in [1.807, 2.05) is 0 Å². The van der Waals surface area contributed by atoms with Crippen molar-refractivity contribution >= 4 is 5.69 Å². The van der Waals surface area contributed by atoms with Crippen molar-refractivity contribution in [1.29, 1.82) is 5.26 Å². The normalized spacial score (nSPS) is 30.6. The van der Waals surface area contributed by atoms with Crippen molar-refractivity contribution in [2.45, 2.75) is 37.3 Å². The van der Waals surface area contributed by atoms with Crippen molar-refractivity contribution < 1.29 is 4.39 Å². The van der Waals surface area contributed by atoms with Gasteiger partial charge in [-0.2, -0.15) is 5.26 Å². The highest BCUT2D eigenvalue weighted by molar-refractivity contribution is 5.48. The number of nitriles is 1. The van der Waals surface area contributed by atoms with E-state index in [1.54, 1.807) is 12.1 Å². The summed E-state index contributed by atoms with van der Waals surface area (Å²) in [6, 6.07) is 9.26. The van der Waals surface area contributed by atoms with Gasteiger partial charge in [-0.05, 0) is 56.5 Å². The van der Waals surface area contributed by atoms with Crippen LogP contribution in [0.3, 0.4) is 0 Å². The van der Waals surface area contributed by atoms with E-state index in [1.165, 1.54) is 31.5 Å². The van der Waals surface area contributed by atoms with Crippen LogP contribution in [-0.2, 0) is 0 Å². The fourth-order valence-electron chi connectivity index (χ4n) is 3.31. The van der Waals surface area contributed by atoms with Crippen molar-refractivity contribution in [3.8, 4) is 6.07 Å². The molecule has 2 saturated heterocycles. The summed E-state index contributed by atoms with van der Waals surface area (Å²) in [5.41, 5.74) is 0.331. The molecule has 3 nitrogen and oxygen atoms in total. The van der Waals surface area contributed by atoms with E-state index >= 15 is 0 Å². The molecule has 3 rings (SSSR count). The standard InChI is InChI=1S/C15H18FN3/c16-12-3-5-13(6-4-12)18-15(11-17)7-9-19-8-1-2-14(19)10-15/h3-6,14,18H,1-2,7-10H2. The summed E-state index contributed by atoms with van der Waals surface area (Å²) in [6.07, 6.45) is 4.12. The largest absolute Gasteiger partial charge is 0.367 e. The van der Waals surface area contributed by atoms with Gasteiger partial charge < -0.3 is 10.2 Å². The summed E-state index contributed by atoms with van der Waals surface area (Å²) in [5, 5.41) is 12.9. The van der Waals surface area contributed by atoms with Crippen LogP contribution in [-0.4, -0.2) is 29.6 Å². The molecular formula is C15H18FN3. The number of fused-ring (bicyclic) bond motifs is 1. The molecule has 0 aliphatic carbocycles. The summed E-state index contributed by atoms with van der Waals surface area (Å²) in [4.78, 5) is 2.49. The second-order valence-electron chi connectivity index (χ2n) is 5.61. The van der Waals surface area contributed by atoms with Crippen LogP contribution < -0.4 is 5.32 Å². The number of benzene rings is 1. The molecule has 0 spiro atoms. The van der Waals surface area contributed by atoms with Gasteiger partial charge in [-0.25, -0.2) is 4.39 Å².